The van der Waals surface area contributed by atoms with Crippen LogP contribution in [0.1, 0.15) is 32.4 Å². The van der Waals surface area contributed by atoms with Gasteiger partial charge in [0.25, 0.3) is 0 Å². The summed E-state index contributed by atoms with van der Waals surface area (Å²) >= 11 is 0. The summed E-state index contributed by atoms with van der Waals surface area (Å²) in [7, 11) is 0. The van der Waals surface area contributed by atoms with Crippen LogP contribution >= 0.6 is 0 Å². The van der Waals surface area contributed by atoms with Crippen LogP contribution in [0.25, 0.3) is 0 Å². The largest absolute Gasteiger partial charge is 0.480 e. The Morgan fingerprint density at radius 1 is 1.29 bits per heavy atom. The summed E-state index contributed by atoms with van der Waals surface area (Å²) in [6.07, 6.45) is 2.79. The second-order valence-corrected chi connectivity index (χ2v) is 6.64. The standard InChI is InChI=1S/C16H24N4O4/c1-16(2,3)24-15(23)19-7-9-20(10-8-19)18-13(14(21)22)12-5-4-6-17-11-12/h4-6,11,13,18H,7-10H2,1-3H3,(H,21,22). The zero-order valence-electron chi connectivity index (χ0n) is 14.2. The van der Waals surface area contributed by atoms with E-state index in [4.69, 9.17) is 4.74 Å². The number of aromatic nitrogens is 1. The van der Waals surface area contributed by atoms with Crippen molar-refractivity contribution in [2.45, 2.75) is 32.4 Å². The molecule has 1 atom stereocenters. The third kappa shape index (κ3) is 5.17. The van der Waals surface area contributed by atoms with Crippen molar-refractivity contribution in [1.29, 1.82) is 0 Å². The molecule has 1 saturated heterocycles. The van der Waals surface area contributed by atoms with Crippen molar-refractivity contribution >= 4 is 12.1 Å². The van der Waals surface area contributed by atoms with E-state index in [-0.39, 0.29) is 6.09 Å². The summed E-state index contributed by atoms with van der Waals surface area (Å²) in [5.74, 6) is -0.974. The molecule has 2 N–H and O–H groups in total. The second-order valence-electron chi connectivity index (χ2n) is 6.64. The van der Waals surface area contributed by atoms with Gasteiger partial charge in [0.15, 0.2) is 0 Å². The highest BCUT2D eigenvalue weighted by Gasteiger charge is 2.28. The van der Waals surface area contributed by atoms with Crippen molar-refractivity contribution in [2.24, 2.45) is 0 Å². The summed E-state index contributed by atoms with van der Waals surface area (Å²) in [6.45, 7) is 7.46. The van der Waals surface area contributed by atoms with Gasteiger partial charge in [-0.2, -0.15) is 0 Å². The maximum Gasteiger partial charge on any atom is 0.410 e. The minimum absolute atomic E-state index is 0.343. The molecule has 0 radical (unpaired) electrons. The van der Waals surface area contributed by atoms with Crippen LogP contribution in [0.3, 0.4) is 0 Å². The highest BCUT2D eigenvalue weighted by molar-refractivity contribution is 5.75. The third-order valence-corrected chi connectivity index (χ3v) is 3.51. The first-order valence-electron chi connectivity index (χ1n) is 7.88. The normalized spacial score (nSPS) is 17.4. The van der Waals surface area contributed by atoms with E-state index in [0.717, 1.165) is 0 Å². The van der Waals surface area contributed by atoms with Crippen LogP contribution in [-0.4, -0.2) is 63.8 Å². The Bertz CT molecular complexity index is 565. The minimum atomic E-state index is -0.974. The van der Waals surface area contributed by atoms with E-state index < -0.39 is 17.6 Å². The summed E-state index contributed by atoms with van der Waals surface area (Å²) in [5, 5.41) is 11.2. The van der Waals surface area contributed by atoms with Crippen LogP contribution in [-0.2, 0) is 9.53 Å². The lowest BCUT2D eigenvalue weighted by atomic mass is 10.1. The van der Waals surface area contributed by atoms with Crippen molar-refractivity contribution in [3.8, 4) is 0 Å². The van der Waals surface area contributed by atoms with Gasteiger partial charge in [0, 0.05) is 38.6 Å². The number of nitrogens with one attached hydrogen (secondary N) is 1. The topological polar surface area (TPSA) is 95.0 Å². The molecule has 0 aliphatic carbocycles. The van der Waals surface area contributed by atoms with Gasteiger partial charge in [-0.05, 0) is 32.4 Å². The van der Waals surface area contributed by atoms with E-state index in [1.807, 2.05) is 25.8 Å². The first kappa shape index (κ1) is 18.2. The molecular weight excluding hydrogens is 312 g/mol. The Morgan fingerprint density at radius 3 is 2.46 bits per heavy atom. The molecule has 1 amide bonds. The second kappa shape index (κ2) is 7.59. The zero-order valence-corrected chi connectivity index (χ0v) is 14.2. The van der Waals surface area contributed by atoms with E-state index in [9.17, 15) is 14.7 Å². The Morgan fingerprint density at radius 2 is 1.96 bits per heavy atom. The number of carboxylic acid groups (broad SMARTS) is 1. The van der Waals surface area contributed by atoms with Crippen molar-refractivity contribution in [2.75, 3.05) is 26.2 Å². The smallest absolute Gasteiger partial charge is 0.410 e. The summed E-state index contributed by atoms with van der Waals surface area (Å²) < 4.78 is 5.35. The monoisotopic (exact) mass is 336 g/mol. The average Bonchev–Trinajstić information content (AvgIpc) is 2.52. The number of carboxylic acids is 1. The number of rotatable bonds is 4. The molecule has 0 saturated carbocycles. The molecule has 132 valence electrons. The molecule has 1 aromatic rings. The van der Waals surface area contributed by atoms with Gasteiger partial charge in [-0.25, -0.2) is 15.2 Å². The van der Waals surface area contributed by atoms with E-state index in [2.05, 4.69) is 10.4 Å². The molecule has 1 unspecified atom stereocenters. The lowest BCUT2D eigenvalue weighted by Gasteiger charge is -2.36. The quantitative estimate of drug-likeness (QED) is 0.855. The van der Waals surface area contributed by atoms with Gasteiger partial charge in [-0.1, -0.05) is 6.07 Å². The van der Waals surface area contributed by atoms with Gasteiger partial charge >= 0.3 is 12.1 Å². The van der Waals surface area contributed by atoms with Crippen molar-refractivity contribution in [3.05, 3.63) is 30.1 Å². The molecule has 2 rings (SSSR count). The first-order chi connectivity index (χ1) is 11.3. The van der Waals surface area contributed by atoms with Crippen LogP contribution in [0.5, 0.6) is 0 Å². The Kier molecular flexibility index (Phi) is 5.74. The fraction of sp³-hybridized carbons (Fsp3) is 0.562. The Balaban J connectivity index is 1.90. The molecule has 1 aromatic heterocycles. The minimum Gasteiger partial charge on any atom is -0.480 e. The highest BCUT2D eigenvalue weighted by Crippen LogP contribution is 2.15. The molecule has 24 heavy (non-hydrogen) atoms. The van der Waals surface area contributed by atoms with Gasteiger partial charge in [0.1, 0.15) is 11.6 Å². The molecule has 8 heteroatoms. The number of aliphatic carboxylic acids is 1. The van der Waals surface area contributed by atoms with Gasteiger partial charge in [0.05, 0.1) is 0 Å². The number of carbonyl (C=O) groups excluding carboxylic acids is 1. The number of hydrogen-bond acceptors (Lipinski definition) is 6. The third-order valence-electron chi connectivity index (χ3n) is 3.51. The molecule has 0 bridgehead atoms. The molecule has 1 fully saturated rings. The number of nitrogens with zero attached hydrogens (tertiary/aromatic N) is 3. The molecule has 8 nitrogen and oxygen atoms in total. The fourth-order valence-electron chi connectivity index (χ4n) is 2.35. The molecule has 1 aliphatic rings. The van der Waals surface area contributed by atoms with Crippen LogP contribution in [0.4, 0.5) is 4.79 Å². The predicted molar refractivity (Wildman–Crippen MR) is 87.1 cm³/mol. The number of hydrogen-bond donors (Lipinski definition) is 2. The molecule has 0 spiro atoms. The molecule has 0 aromatic carbocycles. The van der Waals surface area contributed by atoms with Gasteiger partial charge in [0.2, 0.25) is 0 Å². The first-order valence-corrected chi connectivity index (χ1v) is 7.88. The van der Waals surface area contributed by atoms with Gasteiger partial charge in [-0.3, -0.25) is 9.78 Å². The van der Waals surface area contributed by atoms with Crippen molar-refractivity contribution < 1.29 is 19.4 Å². The van der Waals surface area contributed by atoms with Crippen molar-refractivity contribution in [1.82, 2.24) is 20.3 Å². The number of ether oxygens (including phenoxy) is 1. The lowest BCUT2D eigenvalue weighted by Crippen LogP contribution is -2.55. The summed E-state index contributed by atoms with van der Waals surface area (Å²) in [4.78, 5) is 29.1. The molecule has 1 aliphatic heterocycles. The number of amides is 1. The lowest BCUT2D eigenvalue weighted by molar-refractivity contribution is -0.141. The summed E-state index contributed by atoms with van der Waals surface area (Å²) in [6, 6.07) is 2.55. The van der Waals surface area contributed by atoms with Gasteiger partial charge in [-0.15, -0.1) is 0 Å². The van der Waals surface area contributed by atoms with Crippen molar-refractivity contribution in [3.63, 3.8) is 0 Å². The zero-order chi connectivity index (χ0) is 17.7. The molecular formula is C16H24N4O4. The number of pyridine rings is 1. The fourth-order valence-corrected chi connectivity index (χ4v) is 2.35. The van der Waals surface area contributed by atoms with E-state index in [1.165, 1.54) is 6.20 Å². The SMILES string of the molecule is CC(C)(C)OC(=O)N1CCN(NC(C(=O)O)c2cccnc2)CC1. The van der Waals surface area contributed by atoms with E-state index in [0.29, 0.717) is 31.7 Å². The van der Waals surface area contributed by atoms with E-state index in [1.54, 1.807) is 23.2 Å². The highest BCUT2D eigenvalue weighted by atomic mass is 16.6. The van der Waals surface area contributed by atoms with Crippen LogP contribution in [0.15, 0.2) is 24.5 Å². The summed E-state index contributed by atoms with van der Waals surface area (Å²) in [5.41, 5.74) is 3.05. The Hall–Kier alpha value is -2.19. The van der Waals surface area contributed by atoms with Crippen LogP contribution < -0.4 is 5.43 Å². The number of piperazine rings is 1. The Labute approximate surface area is 141 Å². The van der Waals surface area contributed by atoms with Crippen LogP contribution in [0.2, 0.25) is 0 Å². The number of hydrazine groups is 1. The van der Waals surface area contributed by atoms with Gasteiger partial charge < -0.3 is 14.7 Å². The van der Waals surface area contributed by atoms with E-state index >= 15 is 0 Å². The molecule has 2 heterocycles. The average molecular weight is 336 g/mol. The maximum atomic E-state index is 12.0. The van der Waals surface area contributed by atoms with Crippen LogP contribution in [0, 0.1) is 0 Å². The predicted octanol–water partition coefficient (Wildman–Crippen LogP) is 1.26. The number of carbonyl (C=O) groups is 2. The maximum absolute atomic E-state index is 12.0.